The zero-order valence-corrected chi connectivity index (χ0v) is 15.2. The van der Waals surface area contributed by atoms with Crippen LogP contribution in [0.1, 0.15) is 35.7 Å². The van der Waals surface area contributed by atoms with Crippen LogP contribution in [0.25, 0.3) is 0 Å². The number of amides is 1. The van der Waals surface area contributed by atoms with Gasteiger partial charge in [0, 0.05) is 30.6 Å². The molecule has 1 aliphatic rings. The van der Waals surface area contributed by atoms with Gasteiger partial charge in [-0.05, 0) is 37.6 Å². The Morgan fingerprint density at radius 2 is 1.96 bits per heavy atom. The summed E-state index contributed by atoms with van der Waals surface area (Å²) in [6.45, 7) is 5.49. The van der Waals surface area contributed by atoms with Gasteiger partial charge in [0.25, 0.3) is 5.91 Å². The molecule has 2 N–H and O–H groups in total. The van der Waals surface area contributed by atoms with Crippen LogP contribution in [-0.2, 0) is 0 Å². The number of ether oxygens (including phenoxy) is 1. The van der Waals surface area contributed by atoms with Gasteiger partial charge in [0.05, 0.1) is 11.1 Å². The van der Waals surface area contributed by atoms with E-state index in [0.717, 1.165) is 13.1 Å². The number of hydrogen-bond donors (Lipinski definition) is 2. The van der Waals surface area contributed by atoms with E-state index in [4.69, 9.17) is 16.3 Å². The molecule has 4 nitrogen and oxygen atoms in total. The molecule has 2 unspecified atom stereocenters. The second-order valence-electron chi connectivity index (χ2n) is 6.57. The Hall–Kier alpha value is -2.04. The molecule has 1 heterocycles. The second-order valence-corrected chi connectivity index (χ2v) is 6.97. The molecule has 132 valence electrons. The standard InChI is InChI=1S/C20H23ClN2O2/c1-13(2)25-19-9-8-15(10-17(19)21)20(24)23-18-12-22-11-16(18)14-6-4-3-5-7-14/h3-10,13,16,18,22H,11-12H2,1-2H3,(H,23,24). The zero-order chi connectivity index (χ0) is 17.8. The van der Waals surface area contributed by atoms with E-state index in [1.807, 2.05) is 32.0 Å². The summed E-state index contributed by atoms with van der Waals surface area (Å²) in [7, 11) is 0. The molecule has 1 saturated heterocycles. The van der Waals surface area contributed by atoms with Crippen molar-refractivity contribution >= 4 is 17.5 Å². The summed E-state index contributed by atoms with van der Waals surface area (Å²) in [5.41, 5.74) is 1.77. The highest BCUT2D eigenvalue weighted by Crippen LogP contribution is 2.27. The second kappa shape index (κ2) is 7.89. The number of halogens is 1. The SMILES string of the molecule is CC(C)Oc1ccc(C(=O)NC2CNCC2c2ccccc2)cc1Cl. The molecular formula is C20H23ClN2O2. The van der Waals surface area contributed by atoms with E-state index in [2.05, 4.69) is 22.8 Å². The lowest BCUT2D eigenvalue weighted by molar-refractivity contribution is 0.0937. The maximum absolute atomic E-state index is 12.6. The fourth-order valence-electron chi connectivity index (χ4n) is 3.12. The minimum absolute atomic E-state index is 0.0355. The molecule has 25 heavy (non-hydrogen) atoms. The maximum Gasteiger partial charge on any atom is 0.251 e. The molecule has 0 bridgehead atoms. The number of carbonyl (C=O) groups is 1. The Balaban J connectivity index is 1.70. The molecule has 1 amide bonds. The summed E-state index contributed by atoms with van der Waals surface area (Å²) >= 11 is 6.24. The predicted molar refractivity (Wildman–Crippen MR) is 101 cm³/mol. The van der Waals surface area contributed by atoms with E-state index in [-0.39, 0.29) is 24.0 Å². The first kappa shape index (κ1) is 17.8. The van der Waals surface area contributed by atoms with Crippen LogP contribution in [0.5, 0.6) is 5.75 Å². The normalized spacial score (nSPS) is 19.8. The van der Waals surface area contributed by atoms with E-state index in [9.17, 15) is 4.79 Å². The largest absolute Gasteiger partial charge is 0.489 e. The summed E-state index contributed by atoms with van der Waals surface area (Å²) < 4.78 is 5.61. The molecule has 2 aromatic rings. The van der Waals surface area contributed by atoms with Gasteiger partial charge in [-0.1, -0.05) is 41.9 Å². The lowest BCUT2D eigenvalue weighted by Gasteiger charge is -2.20. The first-order valence-electron chi connectivity index (χ1n) is 8.57. The van der Waals surface area contributed by atoms with Crippen molar-refractivity contribution in [3.05, 3.63) is 64.7 Å². The van der Waals surface area contributed by atoms with Gasteiger partial charge in [-0.3, -0.25) is 4.79 Å². The van der Waals surface area contributed by atoms with Crippen LogP contribution in [0.2, 0.25) is 5.02 Å². The molecule has 1 aliphatic heterocycles. The minimum Gasteiger partial charge on any atom is -0.489 e. The number of hydrogen-bond acceptors (Lipinski definition) is 3. The van der Waals surface area contributed by atoms with Gasteiger partial charge in [-0.15, -0.1) is 0 Å². The summed E-state index contributed by atoms with van der Waals surface area (Å²) in [5.74, 6) is 0.745. The predicted octanol–water partition coefficient (Wildman–Crippen LogP) is 3.61. The van der Waals surface area contributed by atoms with Crippen molar-refractivity contribution in [2.45, 2.75) is 31.9 Å². The molecule has 0 radical (unpaired) electrons. The molecular weight excluding hydrogens is 336 g/mol. The third kappa shape index (κ3) is 4.33. The first-order valence-corrected chi connectivity index (χ1v) is 8.95. The highest BCUT2D eigenvalue weighted by Gasteiger charge is 2.29. The van der Waals surface area contributed by atoms with E-state index >= 15 is 0 Å². The van der Waals surface area contributed by atoms with Gasteiger partial charge >= 0.3 is 0 Å². The topological polar surface area (TPSA) is 50.4 Å². The van der Waals surface area contributed by atoms with E-state index < -0.39 is 0 Å². The summed E-state index contributed by atoms with van der Waals surface area (Å²) in [4.78, 5) is 12.6. The number of carbonyl (C=O) groups excluding carboxylic acids is 1. The zero-order valence-electron chi connectivity index (χ0n) is 14.5. The third-order valence-electron chi connectivity index (χ3n) is 4.32. The summed E-state index contributed by atoms with van der Waals surface area (Å²) in [6, 6.07) is 15.5. The van der Waals surface area contributed by atoms with Gasteiger partial charge in [-0.25, -0.2) is 0 Å². The monoisotopic (exact) mass is 358 g/mol. The fraction of sp³-hybridized carbons (Fsp3) is 0.350. The fourth-order valence-corrected chi connectivity index (χ4v) is 3.35. The quantitative estimate of drug-likeness (QED) is 0.858. The van der Waals surface area contributed by atoms with E-state index in [1.165, 1.54) is 5.56 Å². The first-order chi connectivity index (χ1) is 12.0. The third-order valence-corrected chi connectivity index (χ3v) is 4.61. The Labute approximate surface area is 153 Å². The van der Waals surface area contributed by atoms with Crippen molar-refractivity contribution < 1.29 is 9.53 Å². The van der Waals surface area contributed by atoms with Gasteiger partial charge in [0.15, 0.2) is 0 Å². The summed E-state index contributed by atoms with van der Waals surface area (Å²) in [5, 5.41) is 6.94. The van der Waals surface area contributed by atoms with Gasteiger partial charge in [0.1, 0.15) is 5.75 Å². The van der Waals surface area contributed by atoms with Crippen LogP contribution in [0.4, 0.5) is 0 Å². The van der Waals surface area contributed by atoms with Crippen molar-refractivity contribution in [2.75, 3.05) is 13.1 Å². The molecule has 1 fully saturated rings. The molecule has 0 saturated carbocycles. The lowest BCUT2D eigenvalue weighted by Crippen LogP contribution is -2.39. The lowest BCUT2D eigenvalue weighted by atomic mass is 9.94. The van der Waals surface area contributed by atoms with Crippen molar-refractivity contribution in [1.29, 1.82) is 0 Å². The molecule has 0 spiro atoms. The van der Waals surface area contributed by atoms with Crippen LogP contribution >= 0.6 is 11.6 Å². The van der Waals surface area contributed by atoms with Gasteiger partial charge < -0.3 is 15.4 Å². The highest BCUT2D eigenvalue weighted by atomic mass is 35.5. The maximum atomic E-state index is 12.6. The molecule has 5 heteroatoms. The van der Waals surface area contributed by atoms with Crippen molar-refractivity contribution in [2.24, 2.45) is 0 Å². The average Bonchev–Trinajstić information content (AvgIpc) is 3.05. The molecule has 0 aliphatic carbocycles. The van der Waals surface area contributed by atoms with Crippen molar-refractivity contribution in [3.8, 4) is 5.75 Å². The highest BCUT2D eigenvalue weighted by molar-refractivity contribution is 6.32. The van der Waals surface area contributed by atoms with E-state index in [1.54, 1.807) is 18.2 Å². The number of nitrogens with one attached hydrogen (secondary N) is 2. The molecule has 3 rings (SSSR count). The Morgan fingerprint density at radius 3 is 2.64 bits per heavy atom. The number of rotatable bonds is 5. The molecule has 0 aromatic heterocycles. The van der Waals surface area contributed by atoms with Crippen LogP contribution in [0.15, 0.2) is 48.5 Å². The average molecular weight is 359 g/mol. The van der Waals surface area contributed by atoms with Gasteiger partial charge in [-0.2, -0.15) is 0 Å². The minimum atomic E-state index is -0.118. The van der Waals surface area contributed by atoms with Gasteiger partial charge in [0.2, 0.25) is 0 Å². The van der Waals surface area contributed by atoms with Crippen molar-refractivity contribution in [3.63, 3.8) is 0 Å². The number of benzene rings is 2. The Morgan fingerprint density at radius 1 is 1.20 bits per heavy atom. The van der Waals surface area contributed by atoms with E-state index in [0.29, 0.717) is 16.3 Å². The van der Waals surface area contributed by atoms with Crippen molar-refractivity contribution in [1.82, 2.24) is 10.6 Å². The van der Waals surface area contributed by atoms with Crippen LogP contribution < -0.4 is 15.4 Å². The summed E-state index contributed by atoms with van der Waals surface area (Å²) in [6.07, 6.45) is 0.0355. The molecule has 2 atom stereocenters. The Bertz CT molecular complexity index is 734. The Kier molecular flexibility index (Phi) is 5.61. The van der Waals surface area contributed by atoms with Crippen LogP contribution in [0.3, 0.4) is 0 Å². The smallest absolute Gasteiger partial charge is 0.251 e. The van der Waals surface area contributed by atoms with Crippen LogP contribution in [-0.4, -0.2) is 31.1 Å². The molecule has 2 aromatic carbocycles. The van der Waals surface area contributed by atoms with Crippen LogP contribution in [0, 0.1) is 0 Å².